The minimum atomic E-state index is -4.46. The number of aryl methyl sites for hydroxylation is 1. The lowest BCUT2D eigenvalue weighted by Crippen LogP contribution is -2.36. The molecule has 0 radical (unpaired) electrons. The number of anilines is 1. The van der Waals surface area contributed by atoms with Gasteiger partial charge in [-0.3, -0.25) is 0 Å². The Balaban J connectivity index is 2.57. The Bertz CT molecular complexity index is 746. The molecule has 0 bridgehead atoms. The fourth-order valence-electron chi connectivity index (χ4n) is 1.39. The molecule has 0 aliphatic heterocycles. The van der Waals surface area contributed by atoms with Crippen molar-refractivity contribution in [3.8, 4) is 0 Å². The molecule has 0 aliphatic rings. The van der Waals surface area contributed by atoms with E-state index in [-0.39, 0.29) is 15.8 Å². The van der Waals surface area contributed by atoms with Crippen LogP contribution in [0.1, 0.15) is 5.69 Å². The molecule has 106 valence electrons. The molecule has 2 heterocycles. The van der Waals surface area contributed by atoms with Crippen LogP contribution in [0.3, 0.4) is 0 Å². The normalized spacial score (nSPS) is 11.3. The Morgan fingerprint density at radius 3 is 2.60 bits per heavy atom. The van der Waals surface area contributed by atoms with E-state index < -0.39 is 27.0 Å². The third-order valence-corrected chi connectivity index (χ3v) is 4.44. The SMILES string of the molecule is Cc1nc(S(=O)(=O)N(C(=O)O)c2ccsn2)ccc1F. The van der Waals surface area contributed by atoms with Gasteiger partial charge in [0.25, 0.3) is 10.0 Å². The van der Waals surface area contributed by atoms with Gasteiger partial charge in [-0.1, -0.05) is 0 Å². The molecular weight excluding hydrogens is 309 g/mol. The van der Waals surface area contributed by atoms with Gasteiger partial charge in [-0.2, -0.15) is 12.8 Å². The van der Waals surface area contributed by atoms with Crippen LogP contribution < -0.4 is 4.31 Å². The fraction of sp³-hybridized carbons (Fsp3) is 0.100. The molecule has 2 rings (SSSR count). The van der Waals surface area contributed by atoms with Crippen molar-refractivity contribution in [1.29, 1.82) is 0 Å². The number of carboxylic acid groups (broad SMARTS) is 1. The Morgan fingerprint density at radius 1 is 1.40 bits per heavy atom. The number of hydrogen-bond acceptors (Lipinski definition) is 6. The van der Waals surface area contributed by atoms with Crippen LogP contribution in [-0.4, -0.2) is 29.0 Å². The van der Waals surface area contributed by atoms with Crippen LogP contribution in [0.4, 0.5) is 15.0 Å². The standard InChI is InChI=1S/C10H8FN3O4S2/c1-6-7(11)2-3-9(12-6)20(17,18)14(10(15)16)8-4-5-19-13-8/h2-5H,1H3,(H,15,16). The molecule has 0 saturated heterocycles. The van der Waals surface area contributed by atoms with Gasteiger partial charge in [0.05, 0.1) is 5.69 Å². The Labute approximate surface area is 117 Å². The van der Waals surface area contributed by atoms with Gasteiger partial charge in [0, 0.05) is 5.38 Å². The summed E-state index contributed by atoms with van der Waals surface area (Å²) in [5.41, 5.74) is -0.144. The first kappa shape index (κ1) is 14.3. The van der Waals surface area contributed by atoms with Crippen LogP contribution >= 0.6 is 11.5 Å². The van der Waals surface area contributed by atoms with Crippen LogP contribution in [0, 0.1) is 12.7 Å². The maximum Gasteiger partial charge on any atom is 0.427 e. The molecule has 0 atom stereocenters. The minimum Gasteiger partial charge on any atom is -0.464 e. The molecule has 0 aromatic carbocycles. The Hall–Kier alpha value is -2.07. The number of carbonyl (C=O) groups is 1. The van der Waals surface area contributed by atoms with Crippen LogP contribution in [0.25, 0.3) is 0 Å². The molecule has 10 heteroatoms. The lowest BCUT2D eigenvalue weighted by molar-refractivity contribution is 0.206. The zero-order valence-corrected chi connectivity index (χ0v) is 11.7. The van der Waals surface area contributed by atoms with E-state index >= 15 is 0 Å². The molecule has 7 nitrogen and oxygen atoms in total. The van der Waals surface area contributed by atoms with Crippen LogP contribution in [0.2, 0.25) is 0 Å². The molecule has 0 saturated carbocycles. The summed E-state index contributed by atoms with van der Waals surface area (Å²) in [5.74, 6) is -0.939. The highest BCUT2D eigenvalue weighted by atomic mass is 32.2. The van der Waals surface area contributed by atoms with Gasteiger partial charge in [0.15, 0.2) is 10.8 Å². The second-order valence-electron chi connectivity index (χ2n) is 3.63. The monoisotopic (exact) mass is 317 g/mol. The first-order chi connectivity index (χ1) is 9.34. The zero-order chi connectivity index (χ0) is 14.9. The summed E-state index contributed by atoms with van der Waals surface area (Å²) in [6.45, 7) is 1.28. The third-order valence-electron chi connectivity index (χ3n) is 2.31. The number of hydrogen-bond donors (Lipinski definition) is 1. The molecule has 0 spiro atoms. The van der Waals surface area contributed by atoms with Crippen molar-refractivity contribution in [1.82, 2.24) is 9.36 Å². The summed E-state index contributed by atoms with van der Waals surface area (Å²) < 4.78 is 41.4. The summed E-state index contributed by atoms with van der Waals surface area (Å²) in [5, 5.41) is 9.95. The summed E-state index contributed by atoms with van der Waals surface area (Å²) >= 11 is 0.902. The predicted octanol–water partition coefficient (Wildman–Crippen LogP) is 1.86. The van der Waals surface area contributed by atoms with Crippen molar-refractivity contribution in [2.75, 3.05) is 4.31 Å². The van der Waals surface area contributed by atoms with Crippen LogP contribution in [0.15, 0.2) is 28.6 Å². The summed E-state index contributed by atoms with van der Waals surface area (Å²) in [7, 11) is -4.46. The van der Waals surface area contributed by atoms with Crippen molar-refractivity contribution in [2.45, 2.75) is 11.9 Å². The molecule has 0 aliphatic carbocycles. The highest BCUT2D eigenvalue weighted by molar-refractivity contribution is 7.93. The number of pyridine rings is 1. The lowest BCUT2D eigenvalue weighted by atomic mass is 10.4. The van der Waals surface area contributed by atoms with Crippen molar-refractivity contribution in [2.24, 2.45) is 0 Å². The summed E-state index contributed by atoms with van der Waals surface area (Å²) in [6.07, 6.45) is -1.72. The minimum absolute atomic E-state index is 0.100. The molecular formula is C10H8FN3O4S2. The molecule has 0 unspecified atom stereocenters. The summed E-state index contributed by atoms with van der Waals surface area (Å²) in [6, 6.07) is 3.06. The van der Waals surface area contributed by atoms with Gasteiger partial charge in [-0.15, -0.1) is 4.31 Å². The highest BCUT2D eigenvalue weighted by Gasteiger charge is 2.33. The fourth-order valence-corrected chi connectivity index (χ4v) is 3.17. The molecule has 2 aromatic rings. The van der Waals surface area contributed by atoms with E-state index in [1.807, 2.05) is 0 Å². The van der Waals surface area contributed by atoms with Crippen molar-refractivity contribution in [3.05, 3.63) is 35.1 Å². The first-order valence-electron chi connectivity index (χ1n) is 5.16. The van der Waals surface area contributed by atoms with Gasteiger partial charge in [-0.25, -0.2) is 14.2 Å². The van der Waals surface area contributed by atoms with E-state index in [0.29, 0.717) is 0 Å². The second kappa shape index (κ2) is 5.13. The predicted molar refractivity (Wildman–Crippen MR) is 68.7 cm³/mol. The largest absolute Gasteiger partial charge is 0.464 e. The van der Waals surface area contributed by atoms with E-state index in [0.717, 1.165) is 23.7 Å². The van der Waals surface area contributed by atoms with E-state index in [2.05, 4.69) is 9.36 Å². The number of rotatable bonds is 3. The average molecular weight is 317 g/mol. The van der Waals surface area contributed by atoms with Crippen molar-refractivity contribution >= 4 is 33.5 Å². The first-order valence-corrected chi connectivity index (χ1v) is 7.43. The maximum absolute atomic E-state index is 13.1. The average Bonchev–Trinajstić information content (AvgIpc) is 2.85. The van der Waals surface area contributed by atoms with E-state index in [1.54, 1.807) is 0 Å². The topological polar surface area (TPSA) is 100 Å². The van der Waals surface area contributed by atoms with Crippen molar-refractivity contribution < 1.29 is 22.7 Å². The number of amides is 1. The quantitative estimate of drug-likeness (QED) is 0.927. The molecule has 20 heavy (non-hydrogen) atoms. The van der Waals surface area contributed by atoms with Gasteiger partial charge < -0.3 is 5.11 Å². The van der Waals surface area contributed by atoms with Crippen LogP contribution in [-0.2, 0) is 10.0 Å². The number of halogens is 1. The third kappa shape index (κ3) is 2.47. The zero-order valence-electron chi connectivity index (χ0n) is 10.0. The summed E-state index contributed by atoms with van der Waals surface area (Å²) in [4.78, 5) is 14.7. The van der Waals surface area contributed by atoms with Crippen molar-refractivity contribution in [3.63, 3.8) is 0 Å². The van der Waals surface area contributed by atoms with E-state index in [9.17, 15) is 17.6 Å². The number of nitrogens with zero attached hydrogens (tertiary/aromatic N) is 3. The lowest BCUT2D eigenvalue weighted by Gasteiger charge is -2.16. The highest BCUT2D eigenvalue weighted by Crippen LogP contribution is 2.22. The van der Waals surface area contributed by atoms with Gasteiger partial charge in [0.1, 0.15) is 5.82 Å². The van der Waals surface area contributed by atoms with Crippen LogP contribution in [0.5, 0.6) is 0 Å². The van der Waals surface area contributed by atoms with Gasteiger partial charge in [0.2, 0.25) is 0 Å². The smallest absolute Gasteiger partial charge is 0.427 e. The number of aromatic nitrogens is 2. The molecule has 2 aromatic heterocycles. The second-order valence-corrected chi connectivity index (χ2v) is 6.03. The molecule has 1 N–H and O–H groups in total. The maximum atomic E-state index is 13.1. The van der Waals surface area contributed by atoms with E-state index in [1.165, 1.54) is 18.4 Å². The Kier molecular flexibility index (Phi) is 3.68. The van der Waals surface area contributed by atoms with E-state index in [4.69, 9.17) is 5.11 Å². The Morgan fingerprint density at radius 2 is 2.10 bits per heavy atom. The van der Waals surface area contributed by atoms with Gasteiger partial charge in [-0.05, 0) is 36.7 Å². The number of sulfonamides is 1. The van der Waals surface area contributed by atoms with Gasteiger partial charge >= 0.3 is 6.09 Å². The molecule has 0 fully saturated rings. The molecule has 1 amide bonds.